The van der Waals surface area contributed by atoms with E-state index in [1.165, 1.54) is 4.90 Å². The molecule has 28 heavy (non-hydrogen) atoms. The third kappa shape index (κ3) is 3.36. The number of quaternary nitrogens is 1. The molecular formula is C22H26N3O3+. The Morgan fingerprint density at radius 3 is 2.54 bits per heavy atom. The molecule has 4 rings (SSSR count). The van der Waals surface area contributed by atoms with Gasteiger partial charge in [0.05, 0.1) is 49.7 Å². The molecule has 6 heteroatoms. The molecule has 0 unspecified atom stereocenters. The van der Waals surface area contributed by atoms with Crippen LogP contribution in [0.1, 0.15) is 22.8 Å². The fourth-order valence-corrected chi connectivity index (χ4v) is 4.01. The predicted octanol–water partition coefficient (Wildman–Crippen LogP) is 1.29. The molecule has 0 radical (unpaired) electrons. The molecule has 0 bridgehead atoms. The number of fused-ring (bicyclic) bond motifs is 1. The molecule has 2 aliphatic heterocycles. The Bertz CT molecular complexity index is 904. The van der Waals surface area contributed by atoms with Crippen LogP contribution in [0, 0.1) is 6.92 Å². The van der Waals surface area contributed by atoms with Gasteiger partial charge in [0.1, 0.15) is 5.75 Å². The number of hydrogen-bond donors (Lipinski definition) is 1. The average Bonchev–Trinajstić information content (AvgIpc) is 2.94. The lowest BCUT2D eigenvalue weighted by atomic mass is 10.1. The Hall–Kier alpha value is -2.86. The number of aryl methyl sites for hydroxylation is 1. The van der Waals surface area contributed by atoms with Crippen molar-refractivity contribution in [3.05, 3.63) is 53.6 Å². The van der Waals surface area contributed by atoms with E-state index in [1.807, 2.05) is 50.2 Å². The standard InChI is InChI=1S/C22H25N3O3/c1-3-28-20-7-5-4-6-19(20)24-12-10-23(11-13-24)15-25-18-9-8-16(2)14-17(18)21(26)22(25)27/h4-9,14H,3,10-13,15H2,1-2H3/p+1. The molecule has 146 valence electrons. The van der Waals surface area contributed by atoms with Crippen LogP contribution in [0.15, 0.2) is 42.5 Å². The highest BCUT2D eigenvalue weighted by Crippen LogP contribution is 2.29. The van der Waals surface area contributed by atoms with Crippen LogP contribution in [-0.4, -0.2) is 51.1 Å². The van der Waals surface area contributed by atoms with E-state index in [-0.39, 0.29) is 5.78 Å². The van der Waals surface area contributed by atoms with Crippen molar-refractivity contribution in [2.75, 3.05) is 49.3 Å². The lowest BCUT2D eigenvalue weighted by Crippen LogP contribution is -3.16. The fourth-order valence-electron chi connectivity index (χ4n) is 4.01. The summed E-state index contributed by atoms with van der Waals surface area (Å²) in [6.07, 6.45) is 0. The quantitative estimate of drug-likeness (QED) is 0.795. The molecule has 2 heterocycles. The van der Waals surface area contributed by atoms with E-state index >= 15 is 0 Å². The summed E-state index contributed by atoms with van der Waals surface area (Å²) in [5.74, 6) is 0.123. The zero-order valence-electron chi connectivity index (χ0n) is 16.4. The summed E-state index contributed by atoms with van der Waals surface area (Å²) in [4.78, 5) is 30.1. The van der Waals surface area contributed by atoms with Crippen LogP contribution < -0.4 is 19.4 Å². The molecule has 0 aliphatic carbocycles. The largest absolute Gasteiger partial charge is 0.492 e. The number of carbonyl (C=O) groups is 2. The fraction of sp³-hybridized carbons (Fsp3) is 0.364. The van der Waals surface area contributed by atoms with Crippen molar-refractivity contribution >= 4 is 23.1 Å². The number of ether oxygens (including phenoxy) is 1. The van der Waals surface area contributed by atoms with Crippen molar-refractivity contribution in [1.82, 2.24) is 0 Å². The van der Waals surface area contributed by atoms with Crippen molar-refractivity contribution < 1.29 is 19.2 Å². The monoisotopic (exact) mass is 380 g/mol. The van der Waals surface area contributed by atoms with Crippen LogP contribution in [-0.2, 0) is 4.79 Å². The highest BCUT2D eigenvalue weighted by atomic mass is 16.5. The minimum Gasteiger partial charge on any atom is -0.492 e. The first-order valence-corrected chi connectivity index (χ1v) is 9.85. The van der Waals surface area contributed by atoms with Crippen LogP contribution in [0.4, 0.5) is 11.4 Å². The van der Waals surface area contributed by atoms with Gasteiger partial charge in [-0.05, 0) is 38.1 Å². The van der Waals surface area contributed by atoms with Gasteiger partial charge in [-0.25, -0.2) is 0 Å². The van der Waals surface area contributed by atoms with Gasteiger partial charge in [-0.15, -0.1) is 0 Å². The summed E-state index contributed by atoms with van der Waals surface area (Å²) in [5.41, 5.74) is 3.40. The van der Waals surface area contributed by atoms with Crippen molar-refractivity contribution in [1.29, 1.82) is 0 Å². The number of hydrogen-bond acceptors (Lipinski definition) is 4. The number of para-hydroxylation sites is 2. The van der Waals surface area contributed by atoms with Gasteiger partial charge in [-0.3, -0.25) is 14.5 Å². The smallest absolute Gasteiger partial charge is 0.303 e. The maximum Gasteiger partial charge on any atom is 0.303 e. The third-order valence-corrected chi connectivity index (χ3v) is 5.48. The van der Waals surface area contributed by atoms with Crippen molar-refractivity contribution in [3.63, 3.8) is 0 Å². The number of Topliss-reactive ketones (excluding diaryl/α,β-unsaturated/α-hetero) is 1. The summed E-state index contributed by atoms with van der Waals surface area (Å²) < 4.78 is 5.76. The minimum absolute atomic E-state index is 0.387. The summed E-state index contributed by atoms with van der Waals surface area (Å²) in [6, 6.07) is 13.8. The van der Waals surface area contributed by atoms with Crippen molar-refractivity contribution in [2.24, 2.45) is 0 Å². The van der Waals surface area contributed by atoms with Gasteiger partial charge in [-0.1, -0.05) is 23.8 Å². The highest BCUT2D eigenvalue weighted by Gasteiger charge is 2.38. The van der Waals surface area contributed by atoms with Crippen LogP contribution in [0.2, 0.25) is 0 Å². The highest BCUT2D eigenvalue weighted by molar-refractivity contribution is 6.52. The lowest BCUT2D eigenvalue weighted by molar-refractivity contribution is -0.899. The topological polar surface area (TPSA) is 54.3 Å². The Morgan fingerprint density at radius 1 is 1.04 bits per heavy atom. The van der Waals surface area contributed by atoms with E-state index in [0.29, 0.717) is 18.8 Å². The molecule has 2 aromatic carbocycles. The molecule has 0 spiro atoms. The van der Waals surface area contributed by atoms with Crippen LogP contribution in [0.25, 0.3) is 0 Å². The van der Waals surface area contributed by atoms with Gasteiger partial charge >= 0.3 is 5.91 Å². The van der Waals surface area contributed by atoms with Gasteiger partial charge in [0.25, 0.3) is 5.78 Å². The van der Waals surface area contributed by atoms with Gasteiger partial charge in [0.2, 0.25) is 0 Å². The molecule has 0 atom stereocenters. The third-order valence-electron chi connectivity index (χ3n) is 5.48. The number of carbonyl (C=O) groups excluding carboxylic acids is 2. The molecule has 0 saturated carbocycles. The molecular weight excluding hydrogens is 354 g/mol. The molecule has 1 amide bonds. The van der Waals surface area contributed by atoms with Crippen LogP contribution >= 0.6 is 0 Å². The van der Waals surface area contributed by atoms with Crippen LogP contribution in [0.5, 0.6) is 5.75 Å². The number of nitrogens with one attached hydrogen (secondary N) is 1. The molecule has 2 aromatic rings. The number of rotatable bonds is 5. The number of benzene rings is 2. The second-order valence-electron chi connectivity index (χ2n) is 7.38. The molecule has 6 nitrogen and oxygen atoms in total. The van der Waals surface area contributed by atoms with Gasteiger partial charge in [0.15, 0.2) is 6.67 Å². The van der Waals surface area contributed by atoms with E-state index in [2.05, 4.69) is 11.0 Å². The average molecular weight is 380 g/mol. The Balaban J connectivity index is 1.43. The SMILES string of the molecule is CCOc1ccccc1N1CC[NH+](CN2C(=O)C(=O)c3cc(C)ccc32)CC1. The van der Waals surface area contributed by atoms with E-state index in [0.717, 1.165) is 48.9 Å². The number of piperazine rings is 1. The maximum atomic E-state index is 12.5. The number of amides is 1. The first-order valence-electron chi connectivity index (χ1n) is 9.85. The summed E-state index contributed by atoms with van der Waals surface area (Å²) in [6.45, 7) is 8.68. The second kappa shape index (κ2) is 7.64. The van der Waals surface area contributed by atoms with E-state index < -0.39 is 5.91 Å². The van der Waals surface area contributed by atoms with Crippen molar-refractivity contribution in [2.45, 2.75) is 13.8 Å². The zero-order chi connectivity index (χ0) is 19.7. The molecule has 1 saturated heterocycles. The zero-order valence-corrected chi connectivity index (χ0v) is 16.4. The van der Waals surface area contributed by atoms with Gasteiger partial charge < -0.3 is 14.5 Å². The Kier molecular flexibility index (Phi) is 5.05. The van der Waals surface area contributed by atoms with Crippen LogP contribution in [0.3, 0.4) is 0 Å². The first kappa shape index (κ1) is 18.5. The molecule has 2 aliphatic rings. The summed E-state index contributed by atoms with van der Waals surface area (Å²) >= 11 is 0. The van der Waals surface area contributed by atoms with Gasteiger partial charge in [-0.2, -0.15) is 0 Å². The predicted molar refractivity (Wildman–Crippen MR) is 108 cm³/mol. The van der Waals surface area contributed by atoms with E-state index in [1.54, 1.807) is 4.90 Å². The lowest BCUT2D eigenvalue weighted by Gasteiger charge is -2.35. The Morgan fingerprint density at radius 2 is 1.79 bits per heavy atom. The number of ketones is 1. The van der Waals surface area contributed by atoms with E-state index in [4.69, 9.17) is 4.74 Å². The normalized spacial score (nSPS) is 17.2. The first-order chi connectivity index (χ1) is 13.6. The Labute approximate surface area is 165 Å². The van der Waals surface area contributed by atoms with Crippen molar-refractivity contribution in [3.8, 4) is 5.75 Å². The van der Waals surface area contributed by atoms with Gasteiger partial charge in [0, 0.05) is 0 Å². The number of anilines is 2. The molecule has 1 fully saturated rings. The second-order valence-corrected chi connectivity index (χ2v) is 7.38. The molecule has 0 aromatic heterocycles. The summed E-state index contributed by atoms with van der Waals surface area (Å²) in [5, 5.41) is 0. The summed E-state index contributed by atoms with van der Waals surface area (Å²) in [7, 11) is 0. The molecule has 1 N–H and O–H groups in total. The minimum atomic E-state index is -0.405. The number of nitrogens with zero attached hydrogens (tertiary/aromatic N) is 2. The maximum absolute atomic E-state index is 12.5. The van der Waals surface area contributed by atoms with E-state index in [9.17, 15) is 9.59 Å².